The number of guanidine groups is 1. The lowest BCUT2D eigenvalue weighted by Gasteiger charge is -2.12. The molecular formula is C17H25IN4S. The summed E-state index contributed by atoms with van der Waals surface area (Å²) in [5.41, 5.74) is 4.04. The van der Waals surface area contributed by atoms with E-state index in [4.69, 9.17) is 0 Å². The maximum Gasteiger partial charge on any atom is 0.191 e. The average Bonchev–Trinajstić information content (AvgIpc) is 2.90. The Morgan fingerprint density at radius 1 is 1.22 bits per heavy atom. The fraction of sp³-hybridized carbons (Fsp3) is 0.412. The van der Waals surface area contributed by atoms with Crippen LogP contribution in [-0.4, -0.2) is 24.5 Å². The molecule has 4 nitrogen and oxygen atoms in total. The molecular weight excluding hydrogens is 419 g/mol. The second-order valence-corrected chi connectivity index (χ2v) is 6.72. The summed E-state index contributed by atoms with van der Waals surface area (Å²) < 4.78 is 0. The van der Waals surface area contributed by atoms with E-state index in [0.29, 0.717) is 6.54 Å². The molecule has 2 N–H and O–H groups in total. The van der Waals surface area contributed by atoms with Crippen LogP contribution in [0.3, 0.4) is 0 Å². The first-order valence-corrected chi connectivity index (χ1v) is 8.32. The molecule has 0 amide bonds. The van der Waals surface area contributed by atoms with E-state index in [1.54, 1.807) is 18.4 Å². The quantitative estimate of drug-likeness (QED) is 0.421. The van der Waals surface area contributed by atoms with Crippen molar-refractivity contribution in [2.45, 2.75) is 33.7 Å². The zero-order valence-corrected chi connectivity index (χ0v) is 17.3. The number of aryl methyl sites for hydroxylation is 3. The normalized spacial score (nSPS) is 11.0. The Balaban J connectivity index is 0.00000264. The van der Waals surface area contributed by atoms with Crippen LogP contribution in [0.1, 0.15) is 26.6 Å². The van der Waals surface area contributed by atoms with Gasteiger partial charge in [0.1, 0.15) is 5.01 Å². The average molecular weight is 444 g/mol. The maximum atomic E-state index is 4.34. The van der Waals surface area contributed by atoms with Crippen molar-refractivity contribution in [2.24, 2.45) is 4.99 Å². The SMILES string of the molecule is CN=C(NCCc1ccc(C)cc1C)NCc1ncc(C)s1.I. The third-order valence-electron chi connectivity index (χ3n) is 3.48. The lowest BCUT2D eigenvalue weighted by Crippen LogP contribution is -2.37. The van der Waals surface area contributed by atoms with Gasteiger partial charge in [0, 0.05) is 24.7 Å². The molecule has 0 unspecified atom stereocenters. The Bertz CT molecular complexity index is 652. The molecule has 1 heterocycles. The summed E-state index contributed by atoms with van der Waals surface area (Å²) >= 11 is 1.71. The maximum absolute atomic E-state index is 4.34. The van der Waals surface area contributed by atoms with Crippen LogP contribution >= 0.6 is 35.3 Å². The molecule has 0 atom stereocenters. The van der Waals surface area contributed by atoms with Crippen LogP contribution in [0.4, 0.5) is 0 Å². The molecule has 0 fully saturated rings. The van der Waals surface area contributed by atoms with Crippen molar-refractivity contribution >= 4 is 41.3 Å². The van der Waals surface area contributed by atoms with Crippen molar-refractivity contribution < 1.29 is 0 Å². The molecule has 0 spiro atoms. The van der Waals surface area contributed by atoms with Crippen LogP contribution in [0.5, 0.6) is 0 Å². The summed E-state index contributed by atoms with van der Waals surface area (Å²) in [5, 5.41) is 7.73. The third-order valence-corrected chi connectivity index (χ3v) is 4.40. The standard InChI is InChI=1S/C17H24N4S.HI/c1-12-5-6-15(13(2)9-12)7-8-19-17(18-4)21-11-16-20-10-14(3)22-16;/h5-6,9-10H,7-8,11H2,1-4H3,(H2,18,19,21);1H. The molecule has 23 heavy (non-hydrogen) atoms. The van der Waals surface area contributed by atoms with Gasteiger partial charge in [-0.3, -0.25) is 4.99 Å². The molecule has 0 bridgehead atoms. The van der Waals surface area contributed by atoms with Gasteiger partial charge in [0.25, 0.3) is 0 Å². The zero-order valence-electron chi connectivity index (χ0n) is 14.1. The lowest BCUT2D eigenvalue weighted by atomic mass is 10.0. The van der Waals surface area contributed by atoms with Crippen LogP contribution in [0.15, 0.2) is 29.4 Å². The van der Waals surface area contributed by atoms with Crippen LogP contribution in [0.2, 0.25) is 0 Å². The van der Waals surface area contributed by atoms with Gasteiger partial charge in [-0.05, 0) is 38.3 Å². The summed E-state index contributed by atoms with van der Waals surface area (Å²) in [7, 11) is 1.79. The molecule has 2 rings (SSSR count). The van der Waals surface area contributed by atoms with Gasteiger partial charge < -0.3 is 10.6 Å². The Morgan fingerprint density at radius 3 is 2.61 bits per heavy atom. The number of halogens is 1. The minimum absolute atomic E-state index is 0. The van der Waals surface area contributed by atoms with Crippen LogP contribution in [0, 0.1) is 20.8 Å². The number of hydrogen-bond acceptors (Lipinski definition) is 3. The smallest absolute Gasteiger partial charge is 0.191 e. The number of nitrogens with zero attached hydrogens (tertiary/aromatic N) is 2. The molecule has 0 radical (unpaired) electrons. The van der Waals surface area contributed by atoms with Gasteiger partial charge in [0.15, 0.2) is 5.96 Å². The van der Waals surface area contributed by atoms with Crippen molar-refractivity contribution in [3.63, 3.8) is 0 Å². The largest absolute Gasteiger partial charge is 0.356 e. The first kappa shape index (κ1) is 19.9. The highest BCUT2D eigenvalue weighted by molar-refractivity contribution is 14.0. The van der Waals surface area contributed by atoms with Crippen molar-refractivity contribution in [1.29, 1.82) is 0 Å². The lowest BCUT2D eigenvalue weighted by molar-refractivity contribution is 0.789. The molecule has 0 aliphatic carbocycles. The number of hydrogen-bond donors (Lipinski definition) is 2. The van der Waals surface area contributed by atoms with Crippen LogP contribution in [0.25, 0.3) is 0 Å². The van der Waals surface area contributed by atoms with Gasteiger partial charge in [0.2, 0.25) is 0 Å². The molecule has 126 valence electrons. The van der Waals surface area contributed by atoms with Crippen LogP contribution < -0.4 is 10.6 Å². The van der Waals surface area contributed by atoms with E-state index in [-0.39, 0.29) is 24.0 Å². The molecule has 0 saturated carbocycles. The topological polar surface area (TPSA) is 49.3 Å². The highest BCUT2D eigenvalue weighted by Gasteiger charge is 2.03. The minimum atomic E-state index is 0. The van der Waals surface area contributed by atoms with Crippen LogP contribution in [-0.2, 0) is 13.0 Å². The van der Waals surface area contributed by atoms with Crippen molar-refractivity contribution in [1.82, 2.24) is 15.6 Å². The highest BCUT2D eigenvalue weighted by Crippen LogP contribution is 2.11. The van der Waals surface area contributed by atoms with Gasteiger partial charge >= 0.3 is 0 Å². The van der Waals surface area contributed by atoms with Gasteiger partial charge in [-0.1, -0.05) is 23.8 Å². The fourth-order valence-corrected chi connectivity index (χ4v) is 3.03. The zero-order chi connectivity index (χ0) is 15.9. The number of aromatic nitrogens is 1. The van der Waals surface area contributed by atoms with E-state index in [1.807, 2.05) is 6.20 Å². The van der Waals surface area contributed by atoms with E-state index in [9.17, 15) is 0 Å². The molecule has 6 heteroatoms. The van der Waals surface area contributed by atoms with Gasteiger partial charge in [-0.15, -0.1) is 35.3 Å². The van der Waals surface area contributed by atoms with E-state index in [2.05, 4.69) is 59.6 Å². The number of benzene rings is 1. The predicted octanol–water partition coefficient (Wildman–Crippen LogP) is 3.59. The number of rotatable bonds is 5. The molecule has 0 aliphatic heterocycles. The number of aliphatic imine (C=N–C) groups is 1. The van der Waals surface area contributed by atoms with E-state index in [1.165, 1.54) is 21.6 Å². The Labute approximate surface area is 159 Å². The summed E-state index contributed by atoms with van der Waals surface area (Å²) in [4.78, 5) is 9.82. The van der Waals surface area contributed by atoms with E-state index < -0.39 is 0 Å². The first-order valence-electron chi connectivity index (χ1n) is 7.50. The summed E-state index contributed by atoms with van der Waals surface area (Å²) in [6.07, 6.45) is 2.89. The molecule has 0 aliphatic rings. The predicted molar refractivity (Wildman–Crippen MR) is 110 cm³/mol. The Morgan fingerprint density at radius 2 is 2.00 bits per heavy atom. The fourth-order valence-electron chi connectivity index (χ4n) is 2.30. The summed E-state index contributed by atoms with van der Waals surface area (Å²) in [6, 6.07) is 6.61. The summed E-state index contributed by atoms with van der Waals surface area (Å²) in [5.74, 6) is 0.817. The van der Waals surface area contributed by atoms with E-state index in [0.717, 1.165) is 23.9 Å². The van der Waals surface area contributed by atoms with Gasteiger partial charge in [0.05, 0.1) is 6.54 Å². The summed E-state index contributed by atoms with van der Waals surface area (Å²) in [6.45, 7) is 7.93. The van der Waals surface area contributed by atoms with Crippen molar-refractivity contribution in [3.05, 3.63) is 51.0 Å². The number of thiazole rings is 1. The second kappa shape index (κ2) is 9.87. The third kappa shape index (κ3) is 6.47. The van der Waals surface area contributed by atoms with Gasteiger partial charge in [-0.2, -0.15) is 0 Å². The van der Waals surface area contributed by atoms with E-state index >= 15 is 0 Å². The monoisotopic (exact) mass is 444 g/mol. The number of nitrogens with one attached hydrogen (secondary N) is 2. The van der Waals surface area contributed by atoms with Gasteiger partial charge in [-0.25, -0.2) is 4.98 Å². The highest BCUT2D eigenvalue weighted by atomic mass is 127. The molecule has 1 aromatic carbocycles. The Hall–Kier alpha value is -1.15. The molecule has 2 aromatic rings. The Kier molecular flexibility index (Phi) is 8.54. The van der Waals surface area contributed by atoms with Crippen molar-refractivity contribution in [2.75, 3.05) is 13.6 Å². The molecule has 1 aromatic heterocycles. The minimum Gasteiger partial charge on any atom is -0.356 e. The second-order valence-electron chi connectivity index (χ2n) is 5.40. The van der Waals surface area contributed by atoms with Crippen molar-refractivity contribution in [3.8, 4) is 0 Å². The molecule has 0 saturated heterocycles. The first-order chi connectivity index (χ1) is 10.6.